The zero-order valence-corrected chi connectivity index (χ0v) is 19.1. The van der Waals surface area contributed by atoms with Crippen molar-refractivity contribution in [3.8, 4) is 0 Å². The van der Waals surface area contributed by atoms with Crippen molar-refractivity contribution < 1.29 is 13.2 Å². The van der Waals surface area contributed by atoms with E-state index in [2.05, 4.69) is 5.32 Å². The van der Waals surface area contributed by atoms with Gasteiger partial charge in [0.25, 0.3) is 0 Å². The van der Waals surface area contributed by atoms with E-state index >= 15 is 0 Å². The molecule has 1 heterocycles. The van der Waals surface area contributed by atoms with Gasteiger partial charge in [-0.1, -0.05) is 30.7 Å². The molecule has 1 aliphatic heterocycles. The minimum absolute atomic E-state index is 0.172. The lowest BCUT2D eigenvalue weighted by Gasteiger charge is -2.25. The number of rotatable bonds is 7. The van der Waals surface area contributed by atoms with Gasteiger partial charge >= 0.3 is 6.03 Å². The number of nitrogens with one attached hydrogen (secondary N) is 1. The summed E-state index contributed by atoms with van der Waals surface area (Å²) in [4.78, 5) is 15.5. The molecule has 0 unspecified atom stereocenters. The molecule has 0 aromatic heterocycles. The quantitative estimate of drug-likeness (QED) is 0.653. The topological polar surface area (TPSA) is 69.7 Å². The maximum absolute atomic E-state index is 12.7. The SMILES string of the molecule is CSc1ccc(CN(C)C(=O)NCc2ccc(S(=O)(=O)N3CCCCC3)cc2)cc1. The van der Waals surface area contributed by atoms with E-state index in [0.717, 1.165) is 30.4 Å². The van der Waals surface area contributed by atoms with Gasteiger partial charge in [-0.2, -0.15) is 4.31 Å². The Morgan fingerprint density at radius 2 is 1.60 bits per heavy atom. The van der Waals surface area contributed by atoms with Gasteiger partial charge in [-0.15, -0.1) is 11.8 Å². The molecule has 8 heteroatoms. The number of benzene rings is 2. The molecular formula is C22H29N3O3S2. The van der Waals surface area contributed by atoms with E-state index in [1.165, 1.54) is 4.90 Å². The van der Waals surface area contributed by atoms with Crippen molar-refractivity contribution in [2.75, 3.05) is 26.4 Å². The molecule has 0 spiro atoms. The monoisotopic (exact) mass is 447 g/mol. The van der Waals surface area contributed by atoms with Crippen LogP contribution >= 0.6 is 11.8 Å². The molecule has 0 bridgehead atoms. The Balaban J connectivity index is 1.53. The zero-order valence-electron chi connectivity index (χ0n) is 17.5. The van der Waals surface area contributed by atoms with Crippen LogP contribution in [0.1, 0.15) is 30.4 Å². The van der Waals surface area contributed by atoms with Crippen molar-refractivity contribution in [3.63, 3.8) is 0 Å². The largest absolute Gasteiger partial charge is 0.334 e. The molecule has 1 aliphatic rings. The lowest BCUT2D eigenvalue weighted by atomic mass is 10.2. The van der Waals surface area contributed by atoms with Crippen LogP contribution < -0.4 is 5.32 Å². The van der Waals surface area contributed by atoms with E-state index in [-0.39, 0.29) is 6.03 Å². The van der Waals surface area contributed by atoms with Gasteiger partial charge in [-0.05, 0) is 54.5 Å². The van der Waals surface area contributed by atoms with Gasteiger partial charge in [-0.3, -0.25) is 0 Å². The van der Waals surface area contributed by atoms with Gasteiger partial charge in [0.1, 0.15) is 0 Å². The molecule has 2 amide bonds. The minimum atomic E-state index is -3.43. The molecule has 1 fully saturated rings. The number of urea groups is 1. The van der Waals surface area contributed by atoms with Crippen LogP contribution in [0.5, 0.6) is 0 Å². The van der Waals surface area contributed by atoms with Crippen LogP contribution in [0.25, 0.3) is 0 Å². The first-order valence-electron chi connectivity index (χ1n) is 10.1. The van der Waals surface area contributed by atoms with Crippen LogP contribution in [0.3, 0.4) is 0 Å². The van der Waals surface area contributed by atoms with Gasteiger partial charge < -0.3 is 10.2 Å². The van der Waals surface area contributed by atoms with E-state index in [1.807, 2.05) is 30.5 Å². The Morgan fingerprint density at radius 3 is 2.20 bits per heavy atom. The summed E-state index contributed by atoms with van der Waals surface area (Å²) >= 11 is 1.69. The van der Waals surface area contributed by atoms with Gasteiger partial charge in [0.05, 0.1) is 4.90 Å². The first-order valence-corrected chi connectivity index (χ1v) is 12.8. The van der Waals surface area contributed by atoms with Crippen molar-refractivity contribution in [3.05, 3.63) is 59.7 Å². The normalized spacial score (nSPS) is 15.0. The van der Waals surface area contributed by atoms with Crippen LogP contribution in [-0.4, -0.2) is 50.0 Å². The van der Waals surface area contributed by atoms with E-state index in [1.54, 1.807) is 52.3 Å². The first kappa shape index (κ1) is 22.7. The summed E-state index contributed by atoms with van der Waals surface area (Å²) in [6, 6.07) is 14.8. The maximum Gasteiger partial charge on any atom is 0.317 e. The molecule has 30 heavy (non-hydrogen) atoms. The first-order chi connectivity index (χ1) is 14.4. The second-order valence-electron chi connectivity index (χ2n) is 7.47. The molecule has 0 saturated carbocycles. The van der Waals surface area contributed by atoms with Crippen molar-refractivity contribution in [1.82, 2.24) is 14.5 Å². The third-order valence-electron chi connectivity index (χ3n) is 5.25. The molecule has 2 aromatic carbocycles. The number of hydrogen-bond donors (Lipinski definition) is 1. The van der Waals surface area contributed by atoms with Crippen LogP contribution in [0.15, 0.2) is 58.3 Å². The van der Waals surface area contributed by atoms with Crippen molar-refractivity contribution in [2.45, 2.75) is 42.1 Å². The average molecular weight is 448 g/mol. The fourth-order valence-corrected chi connectivity index (χ4v) is 5.35. The fourth-order valence-electron chi connectivity index (χ4n) is 3.42. The van der Waals surface area contributed by atoms with Crippen molar-refractivity contribution >= 4 is 27.8 Å². The summed E-state index contributed by atoms with van der Waals surface area (Å²) in [7, 11) is -1.67. The van der Waals surface area contributed by atoms with Gasteiger partial charge in [0.2, 0.25) is 10.0 Å². The molecule has 0 atom stereocenters. The summed E-state index contributed by atoms with van der Waals surface area (Å²) < 4.78 is 27.0. The van der Waals surface area contributed by atoms with Crippen molar-refractivity contribution in [1.29, 1.82) is 0 Å². The number of nitrogens with zero attached hydrogens (tertiary/aromatic N) is 2. The van der Waals surface area contributed by atoms with Gasteiger partial charge in [-0.25, -0.2) is 13.2 Å². The van der Waals surface area contributed by atoms with E-state index < -0.39 is 10.0 Å². The highest BCUT2D eigenvalue weighted by Gasteiger charge is 2.25. The summed E-state index contributed by atoms with van der Waals surface area (Å²) in [6.07, 6.45) is 4.95. The highest BCUT2D eigenvalue weighted by molar-refractivity contribution is 7.98. The summed E-state index contributed by atoms with van der Waals surface area (Å²) in [6.45, 7) is 2.05. The van der Waals surface area contributed by atoms with Crippen LogP contribution in [0.4, 0.5) is 4.79 Å². The van der Waals surface area contributed by atoms with E-state index in [0.29, 0.717) is 31.1 Å². The molecule has 6 nitrogen and oxygen atoms in total. The zero-order chi connectivity index (χ0) is 21.6. The van der Waals surface area contributed by atoms with Gasteiger partial charge in [0.15, 0.2) is 0 Å². The predicted molar refractivity (Wildman–Crippen MR) is 121 cm³/mol. The second-order valence-corrected chi connectivity index (χ2v) is 10.3. The lowest BCUT2D eigenvalue weighted by molar-refractivity contribution is 0.206. The standard InChI is InChI=1S/C22H29N3O3S2/c1-24(17-19-6-10-20(29-2)11-7-19)22(26)23-16-18-8-12-21(13-9-18)30(27,28)25-14-4-3-5-15-25/h6-13H,3-5,14-17H2,1-2H3,(H,23,26). The molecule has 3 rings (SSSR count). The maximum atomic E-state index is 12.7. The number of carbonyl (C=O) groups is 1. The molecule has 162 valence electrons. The van der Waals surface area contributed by atoms with E-state index in [4.69, 9.17) is 0 Å². The highest BCUT2D eigenvalue weighted by Crippen LogP contribution is 2.21. The van der Waals surface area contributed by atoms with Crippen LogP contribution in [0.2, 0.25) is 0 Å². The summed E-state index contributed by atoms with van der Waals surface area (Å²) in [5.74, 6) is 0. The number of carbonyl (C=O) groups excluding carboxylic acids is 1. The van der Waals surface area contributed by atoms with Gasteiger partial charge in [0, 0.05) is 38.1 Å². The highest BCUT2D eigenvalue weighted by atomic mass is 32.2. The Morgan fingerprint density at radius 1 is 1.00 bits per heavy atom. The summed E-state index contributed by atoms with van der Waals surface area (Å²) in [5.41, 5.74) is 1.93. The second kappa shape index (κ2) is 10.3. The smallest absolute Gasteiger partial charge is 0.317 e. The fraction of sp³-hybridized carbons (Fsp3) is 0.409. The molecule has 0 radical (unpaired) electrons. The Labute approximate surface area is 183 Å². The number of thioether (sulfide) groups is 1. The molecular weight excluding hydrogens is 418 g/mol. The third-order valence-corrected chi connectivity index (χ3v) is 7.90. The molecule has 1 N–H and O–H groups in total. The number of piperidine rings is 1. The molecule has 2 aromatic rings. The lowest BCUT2D eigenvalue weighted by Crippen LogP contribution is -2.36. The minimum Gasteiger partial charge on any atom is -0.334 e. The van der Waals surface area contributed by atoms with E-state index in [9.17, 15) is 13.2 Å². The molecule has 1 saturated heterocycles. The Hall–Kier alpha value is -2.03. The molecule has 0 aliphatic carbocycles. The number of hydrogen-bond acceptors (Lipinski definition) is 4. The number of sulfonamides is 1. The summed E-state index contributed by atoms with van der Waals surface area (Å²) in [5, 5.41) is 2.89. The average Bonchev–Trinajstić information content (AvgIpc) is 2.78. The Kier molecular flexibility index (Phi) is 7.80. The number of amides is 2. The van der Waals surface area contributed by atoms with Crippen LogP contribution in [-0.2, 0) is 23.1 Å². The predicted octanol–water partition coefficient (Wildman–Crippen LogP) is 3.92. The Bertz CT molecular complexity index is 939. The van der Waals surface area contributed by atoms with Crippen LogP contribution in [0, 0.1) is 0 Å². The third kappa shape index (κ3) is 5.77. The van der Waals surface area contributed by atoms with Crippen molar-refractivity contribution in [2.24, 2.45) is 0 Å².